The number of halogens is 1. The van der Waals surface area contributed by atoms with E-state index in [1.165, 1.54) is 7.11 Å². The van der Waals surface area contributed by atoms with Crippen molar-refractivity contribution in [2.75, 3.05) is 19.5 Å². The van der Waals surface area contributed by atoms with Crippen LogP contribution in [0.3, 0.4) is 0 Å². The third-order valence-electron chi connectivity index (χ3n) is 2.53. The van der Waals surface area contributed by atoms with Crippen molar-refractivity contribution >= 4 is 28.9 Å². The first-order chi connectivity index (χ1) is 9.18. The van der Waals surface area contributed by atoms with Gasteiger partial charge in [-0.15, -0.1) is 0 Å². The van der Waals surface area contributed by atoms with Crippen molar-refractivity contribution in [3.63, 3.8) is 0 Å². The van der Waals surface area contributed by atoms with Crippen molar-refractivity contribution in [3.05, 3.63) is 32.8 Å². The minimum atomic E-state index is -0.643. The van der Waals surface area contributed by atoms with E-state index in [-0.39, 0.29) is 28.6 Å². The van der Waals surface area contributed by atoms with Crippen molar-refractivity contribution in [3.8, 4) is 0 Å². The number of amides is 1. The molecule has 0 aromatic heterocycles. The number of carbonyl (C=O) groups excluding carboxylic acids is 1. The number of non-ortho nitro benzene ring substituents is 1. The van der Waals surface area contributed by atoms with Crippen LogP contribution in [0.25, 0.3) is 0 Å². The maximum atomic E-state index is 12.2. The molecule has 0 bridgehead atoms. The molecule has 0 aliphatic rings. The molecule has 0 heterocycles. The highest BCUT2D eigenvalue weighted by molar-refractivity contribution is 6.34. The average molecular weight is 302 g/mol. The average Bonchev–Trinajstić information content (AvgIpc) is 2.31. The van der Waals surface area contributed by atoms with Gasteiger partial charge in [-0.2, -0.15) is 0 Å². The zero-order valence-corrected chi connectivity index (χ0v) is 12.2. The number of nitrogen functional groups attached to an aromatic ring is 1. The molecule has 3 N–H and O–H groups in total. The number of hydrogen-bond acceptors (Lipinski definition) is 5. The topological polar surface area (TPSA) is 107 Å². The fourth-order valence-electron chi connectivity index (χ4n) is 1.67. The van der Waals surface area contributed by atoms with E-state index in [1.807, 2.05) is 0 Å². The van der Waals surface area contributed by atoms with Crippen LogP contribution in [0, 0.1) is 10.1 Å². The number of carbonyl (C=O) groups is 1. The van der Waals surface area contributed by atoms with Crippen molar-refractivity contribution in [1.82, 2.24) is 5.32 Å². The van der Waals surface area contributed by atoms with Gasteiger partial charge in [-0.05, 0) is 13.8 Å². The molecule has 1 aromatic carbocycles. The van der Waals surface area contributed by atoms with Gasteiger partial charge < -0.3 is 15.8 Å². The number of nitrogens with two attached hydrogens (primary N) is 1. The fourth-order valence-corrected chi connectivity index (χ4v) is 1.88. The number of nitro groups is 1. The highest BCUT2D eigenvalue weighted by Gasteiger charge is 2.24. The Balaban J connectivity index is 3.12. The maximum absolute atomic E-state index is 12.2. The van der Waals surface area contributed by atoms with Crippen LogP contribution in [-0.4, -0.2) is 30.1 Å². The van der Waals surface area contributed by atoms with Crippen molar-refractivity contribution in [1.29, 1.82) is 0 Å². The molecule has 0 unspecified atom stereocenters. The number of methoxy groups -OCH3 is 1. The van der Waals surface area contributed by atoms with Gasteiger partial charge in [0.05, 0.1) is 33.3 Å². The second-order valence-corrected chi connectivity index (χ2v) is 5.32. The van der Waals surface area contributed by atoms with Crippen molar-refractivity contribution in [2.45, 2.75) is 19.4 Å². The summed E-state index contributed by atoms with van der Waals surface area (Å²) in [6.07, 6.45) is 0. The fraction of sp³-hybridized carbons (Fsp3) is 0.417. The zero-order chi connectivity index (χ0) is 15.5. The van der Waals surface area contributed by atoms with Crippen LogP contribution in [-0.2, 0) is 4.74 Å². The summed E-state index contributed by atoms with van der Waals surface area (Å²) in [7, 11) is 1.51. The van der Waals surface area contributed by atoms with Crippen molar-refractivity contribution < 1.29 is 14.5 Å². The Morgan fingerprint density at radius 1 is 1.55 bits per heavy atom. The molecule has 110 valence electrons. The molecule has 0 radical (unpaired) electrons. The molecule has 20 heavy (non-hydrogen) atoms. The number of nitro benzene ring substituents is 1. The maximum Gasteiger partial charge on any atom is 0.271 e. The Labute approximate surface area is 121 Å². The summed E-state index contributed by atoms with van der Waals surface area (Å²) in [5.74, 6) is -0.546. The van der Waals surface area contributed by atoms with E-state index in [0.29, 0.717) is 0 Å². The summed E-state index contributed by atoms with van der Waals surface area (Å²) in [6, 6.07) is 2.20. The molecule has 1 aromatic rings. The summed E-state index contributed by atoms with van der Waals surface area (Å²) >= 11 is 5.81. The van der Waals surface area contributed by atoms with E-state index in [2.05, 4.69) is 5.32 Å². The van der Waals surface area contributed by atoms with Crippen LogP contribution >= 0.6 is 11.6 Å². The smallest absolute Gasteiger partial charge is 0.271 e. The molecular weight excluding hydrogens is 286 g/mol. The van der Waals surface area contributed by atoms with E-state index in [0.717, 1.165) is 12.1 Å². The number of anilines is 1. The lowest BCUT2D eigenvalue weighted by molar-refractivity contribution is -0.384. The van der Waals surface area contributed by atoms with Gasteiger partial charge in [-0.25, -0.2) is 0 Å². The van der Waals surface area contributed by atoms with E-state index in [4.69, 9.17) is 22.1 Å². The number of nitrogens with one attached hydrogen (secondary N) is 1. The molecule has 0 spiro atoms. The Morgan fingerprint density at radius 2 is 2.15 bits per heavy atom. The minimum absolute atomic E-state index is 0.00276. The van der Waals surface area contributed by atoms with Gasteiger partial charge >= 0.3 is 0 Å². The molecule has 1 rings (SSSR count). The number of ether oxygens (including phenoxy) is 1. The molecule has 0 saturated carbocycles. The molecule has 0 saturated heterocycles. The molecule has 7 nitrogen and oxygen atoms in total. The van der Waals surface area contributed by atoms with Gasteiger partial charge in [-0.3, -0.25) is 14.9 Å². The van der Waals surface area contributed by atoms with Crippen LogP contribution in [0.4, 0.5) is 11.4 Å². The molecular formula is C12H16ClN3O4. The SMILES string of the molecule is COCC(C)(C)NC(=O)c1cc([N+](=O)[O-])cc(Cl)c1N. The van der Waals surface area contributed by atoms with Gasteiger partial charge in [0.2, 0.25) is 0 Å². The van der Waals surface area contributed by atoms with Gasteiger partial charge in [0.1, 0.15) is 0 Å². The first kappa shape index (κ1) is 16.2. The highest BCUT2D eigenvalue weighted by atomic mass is 35.5. The minimum Gasteiger partial charge on any atom is -0.397 e. The Hall–Kier alpha value is -1.86. The number of nitrogens with zero attached hydrogens (tertiary/aromatic N) is 1. The Bertz CT molecular complexity index is 546. The van der Waals surface area contributed by atoms with Gasteiger partial charge in [0, 0.05) is 19.2 Å². The molecule has 0 aliphatic carbocycles. The number of rotatable bonds is 5. The van der Waals surface area contributed by atoms with Crippen LogP contribution < -0.4 is 11.1 Å². The predicted octanol–water partition coefficient (Wildman–Crippen LogP) is 1.99. The van der Waals surface area contributed by atoms with E-state index >= 15 is 0 Å². The normalized spacial score (nSPS) is 11.2. The third kappa shape index (κ3) is 3.82. The molecule has 0 atom stereocenters. The largest absolute Gasteiger partial charge is 0.397 e. The van der Waals surface area contributed by atoms with E-state index < -0.39 is 16.4 Å². The van der Waals surface area contributed by atoms with Crippen LogP contribution in [0.5, 0.6) is 0 Å². The predicted molar refractivity (Wildman–Crippen MR) is 75.9 cm³/mol. The highest BCUT2D eigenvalue weighted by Crippen LogP contribution is 2.29. The summed E-state index contributed by atoms with van der Waals surface area (Å²) < 4.78 is 4.98. The molecule has 0 fully saturated rings. The summed E-state index contributed by atoms with van der Waals surface area (Å²) in [6.45, 7) is 3.79. The summed E-state index contributed by atoms with van der Waals surface area (Å²) in [5.41, 5.74) is 4.73. The lowest BCUT2D eigenvalue weighted by Crippen LogP contribution is -2.46. The van der Waals surface area contributed by atoms with Gasteiger partial charge in [0.25, 0.3) is 11.6 Å². The Morgan fingerprint density at radius 3 is 2.65 bits per heavy atom. The molecule has 0 aliphatic heterocycles. The van der Waals surface area contributed by atoms with Crippen LogP contribution in [0.1, 0.15) is 24.2 Å². The van der Waals surface area contributed by atoms with Crippen molar-refractivity contribution in [2.24, 2.45) is 0 Å². The van der Waals surface area contributed by atoms with Crippen LogP contribution in [0.2, 0.25) is 5.02 Å². The third-order valence-corrected chi connectivity index (χ3v) is 2.84. The molecule has 8 heteroatoms. The molecule has 1 amide bonds. The van der Waals surface area contributed by atoms with Gasteiger partial charge in [0.15, 0.2) is 0 Å². The lowest BCUT2D eigenvalue weighted by Gasteiger charge is -2.25. The Kier molecular flexibility index (Phi) is 4.91. The zero-order valence-electron chi connectivity index (χ0n) is 11.4. The van der Waals surface area contributed by atoms with E-state index in [1.54, 1.807) is 13.8 Å². The first-order valence-electron chi connectivity index (χ1n) is 5.73. The standard InChI is InChI=1S/C12H16ClN3O4/c1-12(2,6-20-3)15-11(17)8-4-7(16(18)19)5-9(13)10(8)14/h4-5H,6,14H2,1-3H3,(H,15,17). The first-order valence-corrected chi connectivity index (χ1v) is 6.10. The monoisotopic (exact) mass is 301 g/mol. The number of hydrogen-bond donors (Lipinski definition) is 2. The second-order valence-electron chi connectivity index (χ2n) is 4.92. The quantitative estimate of drug-likeness (QED) is 0.491. The summed E-state index contributed by atoms with van der Waals surface area (Å²) in [5, 5.41) is 13.4. The van der Waals surface area contributed by atoms with E-state index in [9.17, 15) is 14.9 Å². The summed E-state index contributed by atoms with van der Waals surface area (Å²) in [4.78, 5) is 22.3. The van der Waals surface area contributed by atoms with Gasteiger partial charge in [-0.1, -0.05) is 11.6 Å². The van der Waals surface area contributed by atoms with Crippen LogP contribution in [0.15, 0.2) is 12.1 Å². The lowest BCUT2D eigenvalue weighted by atomic mass is 10.0. The second kappa shape index (κ2) is 6.06. The number of benzene rings is 1.